The Hall–Kier alpha value is -0.960. The van der Waals surface area contributed by atoms with E-state index in [9.17, 15) is 0 Å². The molecule has 1 heterocycles. The topological polar surface area (TPSA) is 25.2 Å². The zero-order valence-corrected chi connectivity index (χ0v) is 13.1. The van der Waals surface area contributed by atoms with Crippen LogP contribution in [0.2, 0.25) is 10.0 Å². The van der Waals surface area contributed by atoms with Crippen molar-refractivity contribution in [3.05, 3.63) is 46.1 Å². The lowest BCUT2D eigenvalue weighted by atomic mass is 10.2. The molecule has 0 aliphatic heterocycles. The molecule has 0 spiro atoms. The van der Waals surface area contributed by atoms with E-state index in [4.69, 9.17) is 27.6 Å². The van der Waals surface area contributed by atoms with Crippen LogP contribution in [0.5, 0.6) is 0 Å². The summed E-state index contributed by atoms with van der Waals surface area (Å²) in [6.07, 6.45) is 3.70. The van der Waals surface area contributed by atoms with Crippen LogP contribution in [-0.4, -0.2) is 6.54 Å². The zero-order valence-electron chi connectivity index (χ0n) is 11.6. The Morgan fingerprint density at radius 2 is 1.95 bits per heavy atom. The molecule has 1 N–H and O–H groups in total. The van der Waals surface area contributed by atoms with Crippen molar-refractivity contribution in [2.24, 2.45) is 0 Å². The first-order valence-electron chi connectivity index (χ1n) is 6.95. The van der Waals surface area contributed by atoms with E-state index < -0.39 is 0 Å². The van der Waals surface area contributed by atoms with Crippen LogP contribution in [0.1, 0.15) is 31.9 Å². The third-order valence-corrected chi connectivity index (χ3v) is 3.66. The summed E-state index contributed by atoms with van der Waals surface area (Å²) in [5.41, 5.74) is 0.869. The summed E-state index contributed by atoms with van der Waals surface area (Å²) < 4.78 is 5.81. The Kier molecular flexibility index (Phi) is 5.96. The first-order chi connectivity index (χ1) is 9.70. The van der Waals surface area contributed by atoms with Gasteiger partial charge in [-0.1, -0.05) is 43.0 Å². The molecule has 2 rings (SSSR count). The molecule has 0 unspecified atom stereocenters. The fourth-order valence-electron chi connectivity index (χ4n) is 2.02. The lowest BCUT2D eigenvalue weighted by molar-refractivity contribution is 0.488. The molecule has 0 amide bonds. The van der Waals surface area contributed by atoms with Crippen molar-refractivity contribution in [1.82, 2.24) is 5.32 Å². The minimum atomic E-state index is 0.606. The van der Waals surface area contributed by atoms with Crippen molar-refractivity contribution >= 4 is 23.2 Å². The van der Waals surface area contributed by atoms with Gasteiger partial charge in [0.05, 0.1) is 11.6 Å². The summed E-state index contributed by atoms with van der Waals surface area (Å²) in [7, 11) is 0. The lowest BCUT2D eigenvalue weighted by Crippen LogP contribution is -2.13. The van der Waals surface area contributed by atoms with Crippen LogP contribution in [0.15, 0.2) is 34.7 Å². The largest absolute Gasteiger partial charge is 0.460 e. The fourth-order valence-corrected chi connectivity index (χ4v) is 2.52. The summed E-state index contributed by atoms with van der Waals surface area (Å²) in [6.45, 7) is 3.97. The molecule has 1 aromatic carbocycles. The second kappa shape index (κ2) is 7.72. The lowest BCUT2D eigenvalue weighted by Gasteiger charge is -2.03. The second-order valence-electron chi connectivity index (χ2n) is 4.77. The number of nitrogens with one attached hydrogen (secondary N) is 1. The number of benzene rings is 1. The van der Waals surface area contributed by atoms with Gasteiger partial charge < -0.3 is 9.73 Å². The summed E-state index contributed by atoms with van der Waals surface area (Å²) in [4.78, 5) is 0. The highest BCUT2D eigenvalue weighted by atomic mass is 35.5. The van der Waals surface area contributed by atoms with Gasteiger partial charge in [-0.05, 0) is 43.3 Å². The van der Waals surface area contributed by atoms with Crippen molar-refractivity contribution in [3.8, 4) is 11.3 Å². The van der Waals surface area contributed by atoms with Crippen LogP contribution in [-0.2, 0) is 6.54 Å². The van der Waals surface area contributed by atoms with Gasteiger partial charge in [0.15, 0.2) is 0 Å². The number of unbranched alkanes of at least 4 members (excludes halogenated alkanes) is 2. The molecule has 0 aliphatic rings. The molecule has 108 valence electrons. The second-order valence-corrected chi connectivity index (χ2v) is 5.62. The van der Waals surface area contributed by atoms with Crippen LogP contribution in [0, 0.1) is 0 Å². The van der Waals surface area contributed by atoms with Crippen molar-refractivity contribution in [3.63, 3.8) is 0 Å². The SMILES string of the molecule is CCCCCNCc1ccc(-c2ccc(Cl)cc2Cl)o1. The van der Waals surface area contributed by atoms with Crippen LogP contribution in [0.4, 0.5) is 0 Å². The highest BCUT2D eigenvalue weighted by Crippen LogP contribution is 2.31. The standard InChI is InChI=1S/C16H19Cl2NO/c1-2-3-4-9-19-11-13-6-8-16(20-13)14-7-5-12(17)10-15(14)18/h5-8,10,19H,2-4,9,11H2,1H3. The molecule has 0 aliphatic carbocycles. The summed E-state index contributed by atoms with van der Waals surface area (Å²) >= 11 is 12.1. The minimum Gasteiger partial charge on any atom is -0.460 e. The molecule has 20 heavy (non-hydrogen) atoms. The first-order valence-corrected chi connectivity index (χ1v) is 7.71. The number of furan rings is 1. The van der Waals surface area contributed by atoms with Crippen LogP contribution < -0.4 is 5.32 Å². The molecule has 0 bridgehead atoms. The van der Waals surface area contributed by atoms with Crippen molar-refractivity contribution < 1.29 is 4.42 Å². The molecule has 4 heteroatoms. The fraction of sp³-hybridized carbons (Fsp3) is 0.375. The normalized spacial score (nSPS) is 10.9. The van der Waals surface area contributed by atoms with Gasteiger partial charge in [-0.15, -0.1) is 0 Å². The maximum absolute atomic E-state index is 6.17. The molecular weight excluding hydrogens is 293 g/mol. The van der Waals surface area contributed by atoms with Crippen LogP contribution >= 0.6 is 23.2 Å². The van der Waals surface area contributed by atoms with Gasteiger partial charge in [0.1, 0.15) is 11.5 Å². The number of hydrogen-bond donors (Lipinski definition) is 1. The average Bonchev–Trinajstić information content (AvgIpc) is 2.87. The van der Waals surface area contributed by atoms with Crippen molar-refractivity contribution in [2.75, 3.05) is 6.54 Å². The highest BCUT2D eigenvalue weighted by Gasteiger charge is 2.08. The van der Waals surface area contributed by atoms with Gasteiger partial charge in [-0.3, -0.25) is 0 Å². The molecule has 2 nitrogen and oxygen atoms in total. The molecule has 0 fully saturated rings. The van der Waals surface area contributed by atoms with Crippen LogP contribution in [0.3, 0.4) is 0 Å². The van der Waals surface area contributed by atoms with Gasteiger partial charge in [0, 0.05) is 10.6 Å². The maximum atomic E-state index is 6.17. The zero-order chi connectivity index (χ0) is 14.4. The van der Waals surface area contributed by atoms with E-state index in [1.807, 2.05) is 24.3 Å². The van der Waals surface area contributed by atoms with E-state index in [0.29, 0.717) is 10.0 Å². The van der Waals surface area contributed by atoms with E-state index in [0.717, 1.165) is 30.2 Å². The summed E-state index contributed by atoms with van der Waals surface area (Å²) in [5, 5.41) is 4.61. The molecule has 0 atom stereocenters. The van der Waals surface area contributed by atoms with Crippen molar-refractivity contribution in [2.45, 2.75) is 32.7 Å². The molecule has 0 radical (unpaired) electrons. The Morgan fingerprint density at radius 1 is 1.10 bits per heavy atom. The molecule has 2 aromatic rings. The number of halogens is 2. The quantitative estimate of drug-likeness (QED) is 0.680. The molecular formula is C16H19Cl2NO. The Balaban J connectivity index is 1.95. The summed E-state index contributed by atoms with van der Waals surface area (Å²) in [6, 6.07) is 9.34. The Bertz CT molecular complexity index is 551. The monoisotopic (exact) mass is 311 g/mol. The van der Waals surface area contributed by atoms with E-state index >= 15 is 0 Å². The third-order valence-electron chi connectivity index (χ3n) is 3.11. The smallest absolute Gasteiger partial charge is 0.135 e. The average molecular weight is 312 g/mol. The molecule has 0 saturated heterocycles. The Morgan fingerprint density at radius 3 is 2.70 bits per heavy atom. The van der Waals surface area contributed by atoms with Gasteiger partial charge in [0.25, 0.3) is 0 Å². The van der Waals surface area contributed by atoms with E-state index in [-0.39, 0.29) is 0 Å². The van der Waals surface area contributed by atoms with Crippen LogP contribution in [0.25, 0.3) is 11.3 Å². The predicted molar refractivity (Wildman–Crippen MR) is 85.4 cm³/mol. The number of rotatable bonds is 7. The number of hydrogen-bond acceptors (Lipinski definition) is 2. The third kappa shape index (κ3) is 4.27. The first kappa shape index (κ1) is 15.4. The predicted octanol–water partition coefficient (Wildman–Crippen LogP) is 5.53. The maximum Gasteiger partial charge on any atom is 0.135 e. The highest BCUT2D eigenvalue weighted by molar-refractivity contribution is 6.36. The molecule has 1 aromatic heterocycles. The van der Waals surface area contributed by atoms with Gasteiger partial charge in [-0.2, -0.15) is 0 Å². The minimum absolute atomic E-state index is 0.606. The Labute approximate surface area is 130 Å². The molecule has 0 saturated carbocycles. The van der Waals surface area contributed by atoms with Gasteiger partial charge >= 0.3 is 0 Å². The summed E-state index contributed by atoms with van der Waals surface area (Å²) in [5.74, 6) is 1.69. The van der Waals surface area contributed by atoms with Gasteiger partial charge in [-0.25, -0.2) is 0 Å². The van der Waals surface area contributed by atoms with E-state index in [1.165, 1.54) is 19.3 Å². The van der Waals surface area contributed by atoms with E-state index in [2.05, 4.69) is 12.2 Å². The van der Waals surface area contributed by atoms with E-state index in [1.54, 1.807) is 6.07 Å². The van der Waals surface area contributed by atoms with Gasteiger partial charge in [0.2, 0.25) is 0 Å². The van der Waals surface area contributed by atoms with Crippen molar-refractivity contribution in [1.29, 1.82) is 0 Å².